The predicted octanol–water partition coefficient (Wildman–Crippen LogP) is 3.21. The van der Waals surface area contributed by atoms with E-state index in [1.54, 1.807) is 7.11 Å². The van der Waals surface area contributed by atoms with E-state index in [0.29, 0.717) is 5.92 Å². The molecule has 0 fully saturated rings. The van der Waals surface area contributed by atoms with E-state index in [1.165, 1.54) is 5.56 Å². The van der Waals surface area contributed by atoms with Crippen LogP contribution in [0.3, 0.4) is 0 Å². The van der Waals surface area contributed by atoms with Gasteiger partial charge >= 0.3 is 0 Å². The van der Waals surface area contributed by atoms with E-state index in [0.717, 1.165) is 12.2 Å². The Bertz CT molecular complexity index is 243. The molecule has 0 radical (unpaired) electrons. The van der Waals surface area contributed by atoms with Crippen LogP contribution in [0.25, 0.3) is 0 Å². The van der Waals surface area contributed by atoms with Crippen LogP contribution in [0.5, 0.6) is 5.75 Å². The molecular formula is C11H16O. The lowest BCUT2D eigenvalue weighted by molar-refractivity contribution is 0.406. The highest BCUT2D eigenvalue weighted by Gasteiger charge is 2.07. The van der Waals surface area contributed by atoms with Gasteiger partial charge in [0.15, 0.2) is 0 Å². The summed E-state index contributed by atoms with van der Waals surface area (Å²) in [5.74, 6) is 1.59. The molecule has 0 spiro atoms. The average Bonchev–Trinajstić information content (AvgIpc) is 2.16. The summed E-state index contributed by atoms with van der Waals surface area (Å²) < 4.78 is 5.27. The third-order valence-electron chi connectivity index (χ3n) is 2.28. The molecule has 0 saturated heterocycles. The van der Waals surface area contributed by atoms with Gasteiger partial charge in [0, 0.05) is 0 Å². The van der Waals surface area contributed by atoms with E-state index < -0.39 is 0 Å². The zero-order valence-corrected chi connectivity index (χ0v) is 8.00. The van der Waals surface area contributed by atoms with Gasteiger partial charge in [-0.1, -0.05) is 32.0 Å². The van der Waals surface area contributed by atoms with E-state index in [4.69, 9.17) is 4.74 Å². The van der Waals surface area contributed by atoms with Crippen LogP contribution >= 0.6 is 0 Å². The van der Waals surface area contributed by atoms with Crippen LogP contribution in [0.1, 0.15) is 31.7 Å². The van der Waals surface area contributed by atoms with Crippen molar-refractivity contribution in [1.82, 2.24) is 0 Å². The Morgan fingerprint density at radius 2 is 2.00 bits per heavy atom. The minimum absolute atomic E-state index is 0.584. The lowest BCUT2D eigenvalue weighted by Crippen LogP contribution is -1.95. The van der Waals surface area contributed by atoms with E-state index >= 15 is 0 Å². The molecule has 0 heterocycles. The minimum Gasteiger partial charge on any atom is -0.496 e. The van der Waals surface area contributed by atoms with Crippen LogP contribution in [0, 0.1) is 0 Å². The lowest BCUT2D eigenvalue weighted by Gasteiger charge is -2.12. The summed E-state index contributed by atoms with van der Waals surface area (Å²) in [6, 6.07) is 8.21. The SMILES string of the molecule is CC[C@H](C)c1ccccc1OC. The summed E-state index contributed by atoms with van der Waals surface area (Å²) in [5.41, 5.74) is 1.31. The van der Waals surface area contributed by atoms with Crippen molar-refractivity contribution < 1.29 is 4.74 Å². The molecular weight excluding hydrogens is 148 g/mol. The standard InChI is InChI=1S/C11H16O/c1-4-9(2)10-7-5-6-8-11(10)12-3/h5-9H,4H2,1-3H3/t9-/m0/s1. The number of hydrogen-bond donors (Lipinski definition) is 0. The monoisotopic (exact) mass is 164 g/mol. The first-order valence-electron chi connectivity index (χ1n) is 4.42. The third kappa shape index (κ3) is 1.79. The summed E-state index contributed by atoms with van der Waals surface area (Å²) in [7, 11) is 1.72. The van der Waals surface area contributed by atoms with Crippen molar-refractivity contribution in [2.24, 2.45) is 0 Å². The zero-order valence-electron chi connectivity index (χ0n) is 8.00. The van der Waals surface area contributed by atoms with Crippen LogP contribution in [-0.2, 0) is 0 Å². The second-order valence-corrected chi connectivity index (χ2v) is 3.05. The van der Waals surface area contributed by atoms with E-state index in [9.17, 15) is 0 Å². The number of hydrogen-bond acceptors (Lipinski definition) is 1. The van der Waals surface area contributed by atoms with E-state index in [1.807, 2.05) is 12.1 Å². The van der Waals surface area contributed by atoms with Crippen LogP contribution in [0.15, 0.2) is 24.3 Å². The molecule has 0 aromatic heterocycles. The van der Waals surface area contributed by atoms with Crippen molar-refractivity contribution in [2.45, 2.75) is 26.2 Å². The fraction of sp³-hybridized carbons (Fsp3) is 0.455. The van der Waals surface area contributed by atoms with Crippen molar-refractivity contribution in [2.75, 3.05) is 7.11 Å². The van der Waals surface area contributed by atoms with Crippen LogP contribution in [-0.4, -0.2) is 7.11 Å². The quantitative estimate of drug-likeness (QED) is 0.666. The largest absolute Gasteiger partial charge is 0.496 e. The Labute approximate surface area is 74.4 Å². The van der Waals surface area contributed by atoms with Gasteiger partial charge in [0.25, 0.3) is 0 Å². The molecule has 0 N–H and O–H groups in total. The molecule has 1 heteroatoms. The molecule has 0 aliphatic rings. The molecule has 66 valence electrons. The minimum atomic E-state index is 0.584. The maximum Gasteiger partial charge on any atom is 0.122 e. The molecule has 0 amide bonds. The molecule has 0 saturated carbocycles. The molecule has 0 aliphatic carbocycles. The van der Waals surface area contributed by atoms with Crippen LogP contribution < -0.4 is 4.74 Å². The van der Waals surface area contributed by atoms with Crippen molar-refractivity contribution >= 4 is 0 Å². The summed E-state index contributed by atoms with van der Waals surface area (Å²) >= 11 is 0. The zero-order chi connectivity index (χ0) is 8.97. The van der Waals surface area contributed by atoms with Crippen molar-refractivity contribution in [3.05, 3.63) is 29.8 Å². The number of rotatable bonds is 3. The van der Waals surface area contributed by atoms with Gasteiger partial charge in [-0.05, 0) is 24.0 Å². The fourth-order valence-corrected chi connectivity index (χ4v) is 1.29. The molecule has 1 nitrogen and oxygen atoms in total. The number of methoxy groups -OCH3 is 1. The number of benzene rings is 1. The van der Waals surface area contributed by atoms with Gasteiger partial charge in [-0.15, -0.1) is 0 Å². The molecule has 0 unspecified atom stereocenters. The first-order valence-corrected chi connectivity index (χ1v) is 4.42. The van der Waals surface area contributed by atoms with Gasteiger partial charge in [0.2, 0.25) is 0 Å². The van der Waals surface area contributed by atoms with Crippen LogP contribution in [0.4, 0.5) is 0 Å². The van der Waals surface area contributed by atoms with Gasteiger partial charge in [0.05, 0.1) is 7.11 Å². The Balaban J connectivity index is 2.96. The van der Waals surface area contributed by atoms with Crippen LogP contribution in [0.2, 0.25) is 0 Å². The maximum absolute atomic E-state index is 5.27. The second kappa shape index (κ2) is 4.15. The molecule has 1 rings (SSSR count). The smallest absolute Gasteiger partial charge is 0.122 e. The summed E-state index contributed by atoms with van der Waals surface area (Å²) in [5, 5.41) is 0. The topological polar surface area (TPSA) is 9.23 Å². The van der Waals surface area contributed by atoms with E-state index in [2.05, 4.69) is 26.0 Å². The molecule has 0 bridgehead atoms. The maximum atomic E-state index is 5.27. The Morgan fingerprint density at radius 1 is 1.33 bits per heavy atom. The Hall–Kier alpha value is -0.980. The summed E-state index contributed by atoms with van der Waals surface area (Å²) in [4.78, 5) is 0. The first kappa shape index (κ1) is 9.11. The number of para-hydroxylation sites is 1. The van der Waals surface area contributed by atoms with Crippen molar-refractivity contribution in [1.29, 1.82) is 0 Å². The molecule has 1 atom stereocenters. The highest BCUT2D eigenvalue weighted by Crippen LogP contribution is 2.27. The normalized spacial score (nSPS) is 12.6. The van der Waals surface area contributed by atoms with Gasteiger partial charge in [-0.25, -0.2) is 0 Å². The highest BCUT2D eigenvalue weighted by molar-refractivity contribution is 5.35. The summed E-state index contributed by atoms with van der Waals surface area (Å²) in [6.45, 7) is 4.41. The molecule has 1 aromatic carbocycles. The summed E-state index contributed by atoms with van der Waals surface area (Å²) in [6.07, 6.45) is 1.15. The van der Waals surface area contributed by atoms with Crippen molar-refractivity contribution in [3.63, 3.8) is 0 Å². The van der Waals surface area contributed by atoms with Gasteiger partial charge in [0.1, 0.15) is 5.75 Å². The lowest BCUT2D eigenvalue weighted by atomic mass is 9.98. The first-order chi connectivity index (χ1) is 5.79. The number of ether oxygens (including phenoxy) is 1. The Morgan fingerprint density at radius 3 is 2.58 bits per heavy atom. The molecule has 12 heavy (non-hydrogen) atoms. The van der Waals surface area contributed by atoms with Gasteiger partial charge in [-0.2, -0.15) is 0 Å². The van der Waals surface area contributed by atoms with Gasteiger partial charge < -0.3 is 4.74 Å². The Kier molecular flexibility index (Phi) is 3.15. The highest BCUT2D eigenvalue weighted by atomic mass is 16.5. The second-order valence-electron chi connectivity index (χ2n) is 3.05. The van der Waals surface area contributed by atoms with E-state index in [-0.39, 0.29) is 0 Å². The average molecular weight is 164 g/mol. The molecule has 1 aromatic rings. The fourth-order valence-electron chi connectivity index (χ4n) is 1.29. The third-order valence-corrected chi connectivity index (χ3v) is 2.28. The van der Waals surface area contributed by atoms with Gasteiger partial charge in [-0.3, -0.25) is 0 Å². The predicted molar refractivity (Wildman–Crippen MR) is 51.7 cm³/mol. The van der Waals surface area contributed by atoms with Crippen molar-refractivity contribution in [3.8, 4) is 5.75 Å². The molecule has 0 aliphatic heterocycles.